The van der Waals surface area contributed by atoms with E-state index >= 15 is 0 Å². The second-order valence-corrected chi connectivity index (χ2v) is 4.96. The van der Waals surface area contributed by atoms with E-state index in [-0.39, 0.29) is 0 Å². The lowest BCUT2D eigenvalue weighted by atomic mass is 10.2. The van der Waals surface area contributed by atoms with E-state index in [1.165, 1.54) is 0 Å². The van der Waals surface area contributed by atoms with Crippen LogP contribution in [0, 0.1) is 0 Å². The smallest absolute Gasteiger partial charge is 0.259 e. The normalized spacial score (nSPS) is 12.6. The molecule has 0 aliphatic rings. The van der Waals surface area contributed by atoms with Crippen molar-refractivity contribution in [3.05, 3.63) is 30.1 Å². The minimum Gasteiger partial charge on any atom is -0.334 e. The summed E-state index contributed by atoms with van der Waals surface area (Å²) in [6, 6.07) is 8.39. The summed E-state index contributed by atoms with van der Waals surface area (Å²) in [6.45, 7) is 2.09. The molecule has 1 N–H and O–H groups in total. The van der Waals surface area contributed by atoms with Gasteiger partial charge in [0.15, 0.2) is 5.82 Å². The Bertz CT molecular complexity index is 512. The highest BCUT2D eigenvalue weighted by Gasteiger charge is 2.13. The van der Waals surface area contributed by atoms with Crippen molar-refractivity contribution in [1.29, 1.82) is 0 Å². The Morgan fingerprint density at radius 3 is 2.89 bits per heavy atom. The second-order valence-electron chi connectivity index (χ2n) is 4.11. The van der Waals surface area contributed by atoms with E-state index < -0.39 is 0 Å². The van der Waals surface area contributed by atoms with Crippen LogP contribution in [0.4, 0.5) is 0 Å². The average molecular weight is 263 g/mol. The molecular weight excluding hydrogens is 246 g/mol. The van der Waals surface area contributed by atoms with Crippen LogP contribution in [0.2, 0.25) is 0 Å². The van der Waals surface area contributed by atoms with Gasteiger partial charge in [0.05, 0.1) is 5.56 Å². The van der Waals surface area contributed by atoms with E-state index in [1.54, 1.807) is 11.8 Å². The lowest BCUT2D eigenvalue weighted by Gasteiger charge is -2.04. The van der Waals surface area contributed by atoms with Crippen molar-refractivity contribution < 1.29 is 4.52 Å². The Morgan fingerprint density at radius 1 is 1.39 bits per heavy atom. The Morgan fingerprint density at radius 2 is 2.17 bits per heavy atom. The molecule has 0 radical (unpaired) electrons. The standard InChI is InChI=1S/C13H17N3OS/c1-9(14-2)8-12-15-13(17-16-12)10-6-4-5-7-11(10)18-3/h4-7,9,14H,8H2,1-3H3. The fraction of sp³-hybridized carbons (Fsp3) is 0.385. The average Bonchev–Trinajstić information content (AvgIpc) is 2.86. The topological polar surface area (TPSA) is 51.0 Å². The zero-order valence-electron chi connectivity index (χ0n) is 10.8. The molecular formula is C13H17N3OS. The van der Waals surface area contributed by atoms with Gasteiger partial charge in [-0.25, -0.2) is 0 Å². The molecule has 0 saturated carbocycles. The van der Waals surface area contributed by atoms with Gasteiger partial charge in [0.2, 0.25) is 0 Å². The van der Waals surface area contributed by atoms with Gasteiger partial charge in [-0.2, -0.15) is 4.98 Å². The van der Waals surface area contributed by atoms with Crippen molar-refractivity contribution in [3.63, 3.8) is 0 Å². The molecule has 1 heterocycles. The molecule has 18 heavy (non-hydrogen) atoms. The number of hydrogen-bond donors (Lipinski definition) is 1. The van der Waals surface area contributed by atoms with E-state index in [4.69, 9.17) is 4.52 Å². The predicted molar refractivity (Wildman–Crippen MR) is 73.7 cm³/mol. The first-order valence-corrected chi connectivity index (χ1v) is 7.10. The molecule has 1 unspecified atom stereocenters. The molecule has 0 fully saturated rings. The summed E-state index contributed by atoms with van der Waals surface area (Å²) < 4.78 is 5.34. The van der Waals surface area contributed by atoms with Crippen molar-refractivity contribution in [3.8, 4) is 11.5 Å². The molecule has 2 rings (SSSR count). The number of nitrogens with zero attached hydrogens (tertiary/aromatic N) is 2. The first-order chi connectivity index (χ1) is 8.74. The van der Waals surface area contributed by atoms with Crippen LogP contribution in [-0.4, -0.2) is 29.5 Å². The number of rotatable bonds is 5. The highest BCUT2D eigenvalue weighted by molar-refractivity contribution is 7.98. The van der Waals surface area contributed by atoms with Crippen LogP contribution >= 0.6 is 11.8 Å². The van der Waals surface area contributed by atoms with Crippen molar-refractivity contribution >= 4 is 11.8 Å². The summed E-state index contributed by atoms with van der Waals surface area (Å²) in [4.78, 5) is 5.59. The monoisotopic (exact) mass is 263 g/mol. The number of nitrogens with one attached hydrogen (secondary N) is 1. The number of hydrogen-bond acceptors (Lipinski definition) is 5. The summed E-state index contributed by atoms with van der Waals surface area (Å²) in [7, 11) is 1.93. The number of thioether (sulfide) groups is 1. The molecule has 0 saturated heterocycles. The van der Waals surface area contributed by atoms with Crippen LogP contribution in [0.5, 0.6) is 0 Å². The first-order valence-electron chi connectivity index (χ1n) is 5.88. The predicted octanol–water partition coefficient (Wildman–Crippen LogP) is 2.61. The summed E-state index contributed by atoms with van der Waals surface area (Å²) in [5, 5.41) is 7.18. The third-order valence-corrected chi connectivity index (χ3v) is 3.58. The molecule has 0 spiro atoms. The van der Waals surface area contributed by atoms with Gasteiger partial charge in [-0.05, 0) is 32.4 Å². The molecule has 1 aromatic heterocycles. The zero-order valence-corrected chi connectivity index (χ0v) is 11.6. The van der Waals surface area contributed by atoms with E-state index in [0.717, 1.165) is 22.7 Å². The Balaban J connectivity index is 2.24. The quantitative estimate of drug-likeness (QED) is 0.840. The molecule has 5 heteroatoms. The lowest BCUT2D eigenvalue weighted by molar-refractivity contribution is 0.417. The van der Waals surface area contributed by atoms with Gasteiger partial charge < -0.3 is 9.84 Å². The Hall–Kier alpha value is -1.33. The third-order valence-electron chi connectivity index (χ3n) is 2.79. The van der Waals surface area contributed by atoms with Crippen molar-refractivity contribution in [2.24, 2.45) is 0 Å². The fourth-order valence-corrected chi connectivity index (χ4v) is 2.23. The van der Waals surface area contributed by atoms with E-state index in [0.29, 0.717) is 11.9 Å². The van der Waals surface area contributed by atoms with E-state index in [2.05, 4.69) is 28.4 Å². The fourth-order valence-electron chi connectivity index (χ4n) is 1.64. The van der Waals surface area contributed by atoms with Crippen LogP contribution < -0.4 is 5.32 Å². The SMILES string of the molecule is CNC(C)Cc1noc(-c2ccccc2SC)n1. The van der Waals surface area contributed by atoms with Gasteiger partial charge >= 0.3 is 0 Å². The van der Waals surface area contributed by atoms with Crippen LogP contribution in [-0.2, 0) is 6.42 Å². The van der Waals surface area contributed by atoms with Crippen LogP contribution in [0.25, 0.3) is 11.5 Å². The summed E-state index contributed by atoms with van der Waals surface area (Å²) in [5.74, 6) is 1.33. The Kier molecular flexibility index (Phi) is 4.38. The number of likely N-dealkylation sites (N-methyl/N-ethyl adjacent to an activating group) is 1. The van der Waals surface area contributed by atoms with Gasteiger partial charge in [0, 0.05) is 17.4 Å². The molecule has 2 aromatic rings. The summed E-state index contributed by atoms with van der Waals surface area (Å²) >= 11 is 1.68. The van der Waals surface area contributed by atoms with Gasteiger partial charge in [0.1, 0.15) is 0 Å². The Labute approximate surface area is 111 Å². The maximum atomic E-state index is 5.34. The minimum absolute atomic E-state index is 0.339. The molecule has 96 valence electrons. The molecule has 0 bridgehead atoms. The van der Waals surface area contributed by atoms with E-state index in [1.807, 2.05) is 31.5 Å². The third kappa shape index (κ3) is 2.91. The molecule has 1 aromatic carbocycles. The van der Waals surface area contributed by atoms with Crippen molar-refractivity contribution in [2.75, 3.05) is 13.3 Å². The second kappa shape index (κ2) is 6.02. The largest absolute Gasteiger partial charge is 0.334 e. The minimum atomic E-state index is 0.339. The maximum Gasteiger partial charge on any atom is 0.259 e. The zero-order chi connectivity index (χ0) is 13.0. The molecule has 0 aliphatic heterocycles. The van der Waals surface area contributed by atoms with Crippen molar-refractivity contribution in [1.82, 2.24) is 15.5 Å². The molecule has 1 atom stereocenters. The van der Waals surface area contributed by atoms with Crippen LogP contribution in [0.1, 0.15) is 12.7 Å². The molecule has 0 amide bonds. The van der Waals surface area contributed by atoms with Gasteiger partial charge in [-0.3, -0.25) is 0 Å². The van der Waals surface area contributed by atoms with E-state index in [9.17, 15) is 0 Å². The highest BCUT2D eigenvalue weighted by atomic mass is 32.2. The summed E-state index contributed by atoms with van der Waals surface area (Å²) in [6.07, 6.45) is 2.81. The number of aromatic nitrogens is 2. The van der Waals surface area contributed by atoms with Gasteiger partial charge in [-0.15, -0.1) is 11.8 Å². The molecule has 0 aliphatic carbocycles. The molecule has 4 nitrogen and oxygen atoms in total. The highest BCUT2D eigenvalue weighted by Crippen LogP contribution is 2.28. The number of benzene rings is 1. The first kappa shape index (κ1) is 13.1. The van der Waals surface area contributed by atoms with Crippen LogP contribution in [0.15, 0.2) is 33.7 Å². The van der Waals surface area contributed by atoms with Crippen molar-refractivity contribution in [2.45, 2.75) is 24.3 Å². The summed E-state index contributed by atoms with van der Waals surface area (Å²) in [5.41, 5.74) is 1.00. The van der Waals surface area contributed by atoms with Crippen LogP contribution in [0.3, 0.4) is 0 Å². The van der Waals surface area contributed by atoms with Gasteiger partial charge in [0.25, 0.3) is 5.89 Å². The lowest BCUT2D eigenvalue weighted by Crippen LogP contribution is -2.24. The van der Waals surface area contributed by atoms with Gasteiger partial charge in [-0.1, -0.05) is 17.3 Å². The maximum absolute atomic E-state index is 5.34.